The molecule has 136 valence electrons. The molecular formula is C15H24ClN3O4S. The third-order valence-corrected chi connectivity index (χ3v) is 5.93. The number of nitrogens with zero attached hydrogens (tertiary/aromatic N) is 1. The molecule has 0 aliphatic carbocycles. The van der Waals surface area contributed by atoms with Gasteiger partial charge < -0.3 is 15.2 Å². The zero-order valence-electron chi connectivity index (χ0n) is 13.4. The first kappa shape index (κ1) is 19.4. The van der Waals surface area contributed by atoms with Crippen LogP contribution in [0.15, 0.2) is 24.3 Å². The molecule has 2 saturated heterocycles. The standard InChI is InChI=1S/C15H23N3O4S.ClH/c16-14-3-1-13(2-4-14)5-8-17-23(19,20)18-9-6-15(7-10-18)21-11-12-22-15;/h1-4,17H,5-12,16H2;1H. The van der Waals surface area contributed by atoms with Gasteiger partial charge in [0.25, 0.3) is 10.2 Å². The highest BCUT2D eigenvalue weighted by atomic mass is 35.5. The lowest BCUT2D eigenvalue weighted by atomic mass is 10.1. The Morgan fingerprint density at radius 1 is 1.12 bits per heavy atom. The minimum absolute atomic E-state index is 0. The van der Waals surface area contributed by atoms with Crippen LogP contribution in [0.3, 0.4) is 0 Å². The van der Waals surface area contributed by atoms with E-state index >= 15 is 0 Å². The van der Waals surface area contributed by atoms with E-state index in [4.69, 9.17) is 15.2 Å². The molecule has 1 spiro atoms. The lowest BCUT2D eigenvalue weighted by Crippen LogP contribution is -2.50. The second kappa shape index (κ2) is 7.99. The van der Waals surface area contributed by atoms with Crippen LogP contribution in [0.5, 0.6) is 0 Å². The first-order valence-electron chi connectivity index (χ1n) is 7.86. The zero-order chi connectivity index (χ0) is 16.3. The van der Waals surface area contributed by atoms with Crippen molar-refractivity contribution in [2.75, 3.05) is 38.6 Å². The number of hydrogen-bond acceptors (Lipinski definition) is 5. The summed E-state index contributed by atoms with van der Waals surface area (Å²) in [6, 6.07) is 7.44. The molecule has 3 rings (SSSR count). The number of halogens is 1. The first-order valence-corrected chi connectivity index (χ1v) is 9.30. The van der Waals surface area contributed by atoms with Crippen molar-refractivity contribution < 1.29 is 17.9 Å². The molecule has 0 atom stereocenters. The number of ether oxygens (including phenoxy) is 2. The van der Waals surface area contributed by atoms with Gasteiger partial charge in [-0.2, -0.15) is 12.7 Å². The maximum atomic E-state index is 12.3. The summed E-state index contributed by atoms with van der Waals surface area (Å²) in [7, 11) is -3.46. The average Bonchev–Trinajstić information content (AvgIpc) is 2.98. The molecule has 0 aromatic heterocycles. The number of nitrogen functional groups attached to an aromatic ring is 1. The van der Waals surface area contributed by atoms with Gasteiger partial charge in [-0.15, -0.1) is 12.4 Å². The van der Waals surface area contributed by atoms with Gasteiger partial charge in [-0.05, 0) is 24.1 Å². The van der Waals surface area contributed by atoms with Crippen LogP contribution >= 0.6 is 12.4 Å². The third-order valence-electron chi connectivity index (χ3n) is 4.32. The normalized spacial score (nSPS) is 20.8. The Morgan fingerprint density at radius 2 is 1.71 bits per heavy atom. The van der Waals surface area contributed by atoms with Crippen molar-refractivity contribution in [2.24, 2.45) is 0 Å². The molecule has 0 unspecified atom stereocenters. The van der Waals surface area contributed by atoms with Gasteiger partial charge in [0.15, 0.2) is 5.79 Å². The predicted molar refractivity (Wildman–Crippen MR) is 94.2 cm³/mol. The summed E-state index contributed by atoms with van der Waals surface area (Å²) in [4.78, 5) is 0. The minimum Gasteiger partial charge on any atom is -0.399 e. The summed E-state index contributed by atoms with van der Waals surface area (Å²) in [5.41, 5.74) is 7.38. The number of benzene rings is 1. The summed E-state index contributed by atoms with van der Waals surface area (Å²) in [6.07, 6.45) is 1.78. The highest BCUT2D eigenvalue weighted by molar-refractivity contribution is 7.87. The summed E-state index contributed by atoms with van der Waals surface area (Å²) in [6.45, 7) is 2.37. The zero-order valence-corrected chi connectivity index (χ0v) is 15.1. The fraction of sp³-hybridized carbons (Fsp3) is 0.600. The van der Waals surface area contributed by atoms with Crippen molar-refractivity contribution in [1.82, 2.24) is 9.03 Å². The van der Waals surface area contributed by atoms with Crippen LogP contribution in [0.25, 0.3) is 0 Å². The molecule has 1 aromatic rings. The van der Waals surface area contributed by atoms with Gasteiger partial charge in [-0.25, -0.2) is 4.72 Å². The number of hydrogen-bond donors (Lipinski definition) is 2. The minimum atomic E-state index is -3.46. The maximum absolute atomic E-state index is 12.3. The molecule has 3 N–H and O–H groups in total. The largest absolute Gasteiger partial charge is 0.399 e. The Labute approximate surface area is 149 Å². The van der Waals surface area contributed by atoms with Crippen molar-refractivity contribution >= 4 is 28.3 Å². The van der Waals surface area contributed by atoms with Crippen LogP contribution < -0.4 is 10.5 Å². The van der Waals surface area contributed by atoms with Gasteiger partial charge in [0, 0.05) is 38.2 Å². The average molecular weight is 378 g/mol. The maximum Gasteiger partial charge on any atom is 0.279 e. The summed E-state index contributed by atoms with van der Waals surface area (Å²) < 4.78 is 40.0. The fourth-order valence-electron chi connectivity index (χ4n) is 2.95. The Bertz CT molecular complexity index is 623. The van der Waals surface area contributed by atoms with E-state index in [0.29, 0.717) is 57.8 Å². The Balaban J connectivity index is 0.00000208. The number of nitrogens with one attached hydrogen (secondary N) is 1. The van der Waals surface area contributed by atoms with Gasteiger partial charge in [0.2, 0.25) is 0 Å². The molecule has 2 fully saturated rings. The highest BCUT2D eigenvalue weighted by Gasteiger charge is 2.42. The van der Waals surface area contributed by atoms with E-state index in [1.54, 1.807) is 0 Å². The van der Waals surface area contributed by atoms with E-state index in [-0.39, 0.29) is 12.4 Å². The molecule has 0 bridgehead atoms. The lowest BCUT2D eigenvalue weighted by molar-refractivity contribution is -0.179. The van der Waals surface area contributed by atoms with E-state index in [9.17, 15) is 8.42 Å². The van der Waals surface area contributed by atoms with Crippen LogP contribution in [-0.4, -0.2) is 51.4 Å². The SMILES string of the molecule is Cl.Nc1ccc(CCNS(=O)(=O)N2CCC3(CC2)OCCO3)cc1. The molecule has 24 heavy (non-hydrogen) atoms. The van der Waals surface area contributed by atoms with Gasteiger partial charge in [0.1, 0.15) is 0 Å². The number of piperidine rings is 1. The number of nitrogens with two attached hydrogens (primary N) is 1. The summed E-state index contributed by atoms with van der Waals surface area (Å²) in [5, 5.41) is 0. The molecular weight excluding hydrogens is 354 g/mol. The predicted octanol–water partition coefficient (Wildman–Crippen LogP) is 0.906. The van der Waals surface area contributed by atoms with Crippen LogP contribution in [0.1, 0.15) is 18.4 Å². The molecule has 0 amide bonds. The molecule has 7 nitrogen and oxygen atoms in total. The molecule has 9 heteroatoms. The van der Waals surface area contributed by atoms with E-state index in [1.165, 1.54) is 4.31 Å². The quantitative estimate of drug-likeness (QED) is 0.744. The van der Waals surface area contributed by atoms with Crippen molar-refractivity contribution in [3.63, 3.8) is 0 Å². The van der Waals surface area contributed by atoms with Gasteiger partial charge in [-0.1, -0.05) is 12.1 Å². The smallest absolute Gasteiger partial charge is 0.279 e. The Morgan fingerprint density at radius 3 is 2.29 bits per heavy atom. The second-order valence-corrected chi connectivity index (χ2v) is 7.65. The van der Waals surface area contributed by atoms with Crippen LogP contribution in [-0.2, 0) is 26.1 Å². The number of rotatable bonds is 5. The molecule has 0 saturated carbocycles. The summed E-state index contributed by atoms with van der Waals surface area (Å²) >= 11 is 0. The third kappa shape index (κ3) is 4.59. The van der Waals surface area contributed by atoms with Crippen LogP contribution in [0, 0.1) is 0 Å². The fourth-order valence-corrected chi connectivity index (χ4v) is 4.16. The van der Waals surface area contributed by atoms with Crippen molar-refractivity contribution in [1.29, 1.82) is 0 Å². The monoisotopic (exact) mass is 377 g/mol. The van der Waals surface area contributed by atoms with Gasteiger partial charge in [-0.3, -0.25) is 0 Å². The van der Waals surface area contributed by atoms with E-state index < -0.39 is 16.0 Å². The Kier molecular flexibility index (Phi) is 6.46. The molecule has 2 aliphatic rings. The van der Waals surface area contributed by atoms with Crippen LogP contribution in [0.4, 0.5) is 5.69 Å². The van der Waals surface area contributed by atoms with Crippen LogP contribution in [0.2, 0.25) is 0 Å². The van der Waals surface area contributed by atoms with E-state index in [0.717, 1.165) is 5.56 Å². The molecule has 1 aromatic carbocycles. The van der Waals surface area contributed by atoms with Crippen molar-refractivity contribution in [3.8, 4) is 0 Å². The number of anilines is 1. The summed E-state index contributed by atoms with van der Waals surface area (Å²) in [5.74, 6) is -0.560. The van der Waals surface area contributed by atoms with Crippen molar-refractivity contribution in [3.05, 3.63) is 29.8 Å². The lowest BCUT2D eigenvalue weighted by Gasteiger charge is -2.36. The topological polar surface area (TPSA) is 93.9 Å². The second-order valence-electron chi connectivity index (χ2n) is 5.90. The molecule has 0 radical (unpaired) electrons. The molecule has 2 heterocycles. The van der Waals surface area contributed by atoms with Gasteiger partial charge in [0.05, 0.1) is 13.2 Å². The highest BCUT2D eigenvalue weighted by Crippen LogP contribution is 2.31. The van der Waals surface area contributed by atoms with E-state index in [1.807, 2.05) is 24.3 Å². The van der Waals surface area contributed by atoms with Crippen molar-refractivity contribution in [2.45, 2.75) is 25.0 Å². The van der Waals surface area contributed by atoms with E-state index in [2.05, 4.69) is 4.72 Å². The van der Waals surface area contributed by atoms with Gasteiger partial charge >= 0.3 is 0 Å². The molecule has 2 aliphatic heterocycles. The first-order chi connectivity index (χ1) is 11.0. The Hall–Kier alpha value is -0.900.